The lowest BCUT2D eigenvalue weighted by Crippen LogP contribution is -2.33. The SMILES string of the molecule is O=C(CCc1ncc(-c2ccccc2F)o1)OCCN1C(=O)c2ccccc2C1=O. The van der Waals surface area contributed by atoms with Crippen LogP contribution >= 0.6 is 0 Å². The van der Waals surface area contributed by atoms with Gasteiger partial charge in [0.15, 0.2) is 11.7 Å². The molecule has 152 valence electrons. The van der Waals surface area contributed by atoms with Crippen molar-refractivity contribution in [2.24, 2.45) is 0 Å². The quantitative estimate of drug-likeness (QED) is 0.440. The Labute approximate surface area is 171 Å². The number of imide groups is 1. The number of hydrogen-bond acceptors (Lipinski definition) is 6. The van der Waals surface area contributed by atoms with Gasteiger partial charge in [-0.3, -0.25) is 19.3 Å². The zero-order chi connectivity index (χ0) is 21.1. The van der Waals surface area contributed by atoms with Crippen molar-refractivity contribution in [2.75, 3.05) is 13.2 Å². The number of carbonyl (C=O) groups excluding carboxylic acids is 3. The summed E-state index contributed by atoms with van der Waals surface area (Å²) in [6, 6.07) is 12.7. The molecule has 1 aliphatic heterocycles. The molecule has 0 N–H and O–H groups in total. The Kier molecular flexibility index (Phi) is 5.38. The van der Waals surface area contributed by atoms with E-state index in [1.807, 2.05) is 0 Å². The van der Waals surface area contributed by atoms with E-state index in [0.717, 1.165) is 4.90 Å². The summed E-state index contributed by atoms with van der Waals surface area (Å²) >= 11 is 0. The van der Waals surface area contributed by atoms with E-state index in [2.05, 4.69) is 4.98 Å². The van der Waals surface area contributed by atoms with Crippen LogP contribution in [0.2, 0.25) is 0 Å². The average Bonchev–Trinajstić information content (AvgIpc) is 3.32. The van der Waals surface area contributed by atoms with Gasteiger partial charge in [0.25, 0.3) is 11.8 Å². The highest BCUT2D eigenvalue weighted by atomic mass is 19.1. The molecule has 1 aliphatic rings. The number of amides is 2. The maximum atomic E-state index is 13.8. The first-order valence-electron chi connectivity index (χ1n) is 9.35. The molecule has 0 bridgehead atoms. The highest BCUT2D eigenvalue weighted by Gasteiger charge is 2.34. The van der Waals surface area contributed by atoms with Gasteiger partial charge in [-0.15, -0.1) is 0 Å². The molecule has 2 aromatic carbocycles. The fourth-order valence-corrected chi connectivity index (χ4v) is 3.19. The number of aromatic nitrogens is 1. The van der Waals surface area contributed by atoms with Crippen LogP contribution in [0.1, 0.15) is 33.0 Å². The Morgan fingerprint density at radius 1 is 1.00 bits per heavy atom. The molecule has 0 aliphatic carbocycles. The minimum Gasteiger partial charge on any atom is -0.464 e. The predicted molar refractivity (Wildman–Crippen MR) is 103 cm³/mol. The fourth-order valence-electron chi connectivity index (χ4n) is 3.19. The summed E-state index contributed by atoms with van der Waals surface area (Å²) in [5.41, 5.74) is 0.992. The lowest BCUT2D eigenvalue weighted by Gasteiger charge is -2.13. The molecule has 3 aromatic rings. The summed E-state index contributed by atoms with van der Waals surface area (Å²) < 4.78 is 24.4. The van der Waals surface area contributed by atoms with Crippen molar-refractivity contribution in [3.05, 3.63) is 77.6 Å². The molecule has 0 saturated carbocycles. The molecule has 8 heteroatoms. The van der Waals surface area contributed by atoms with Gasteiger partial charge in [-0.25, -0.2) is 9.37 Å². The van der Waals surface area contributed by atoms with Crippen molar-refractivity contribution < 1.29 is 27.9 Å². The summed E-state index contributed by atoms with van der Waals surface area (Å²) in [5, 5.41) is 0. The number of benzene rings is 2. The van der Waals surface area contributed by atoms with Gasteiger partial charge in [-0.05, 0) is 24.3 Å². The van der Waals surface area contributed by atoms with Crippen LogP contribution in [0.4, 0.5) is 4.39 Å². The second kappa shape index (κ2) is 8.28. The Morgan fingerprint density at radius 2 is 1.63 bits per heavy atom. The van der Waals surface area contributed by atoms with Crippen LogP contribution in [-0.4, -0.2) is 40.8 Å². The minimum absolute atomic E-state index is 0.000651. The van der Waals surface area contributed by atoms with Crippen molar-refractivity contribution in [2.45, 2.75) is 12.8 Å². The van der Waals surface area contributed by atoms with Gasteiger partial charge in [0, 0.05) is 6.42 Å². The molecule has 0 radical (unpaired) electrons. The monoisotopic (exact) mass is 408 g/mol. The summed E-state index contributed by atoms with van der Waals surface area (Å²) in [6.45, 7) is -0.120. The van der Waals surface area contributed by atoms with E-state index in [0.29, 0.717) is 16.7 Å². The molecule has 2 heterocycles. The first-order valence-corrected chi connectivity index (χ1v) is 9.35. The molecule has 7 nitrogen and oxygen atoms in total. The maximum absolute atomic E-state index is 13.8. The van der Waals surface area contributed by atoms with E-state index in [1.165, 1.54) is 12.3 Å². The molecule has 4 rings (SSSR count). The largest absolute Gasteiger partial charge is 0.464 e. The molecule has 0 saturated heterocycles. The molecule has 0 unspecified atom stereocenters. The van der Waals surface area contributed by atoms with Crippen molar-refractivity contribution in [1.82, 2.24) is 9.88 Å². The third-order valence-corrected chi connectivity index (χ3v) is 4.69. The number of aryl methyl sites for hydroxylation is 1. The minimum atomic E-state index is -0.516. The maximum Gasteiger partial charge on any atom is 0.306 e. The van der Waals surface area contributed by atoms with Crippen LogP contribution in [0.3, 0.4) is 0 Å². The molecule has 1 aromatic heterocycles. The first-order chi connectivity index (χ1) is 14.5. The van der Waals surface area contributed by atoms with Crippen LogP contribution in [0.25, 0.3) is 11.3 Å². The molecular weight excluding hydrogens is 391 g/mol. The second-order valence-corrected chi connectivity index (χ2v) is 6.63. The number of ether oxygens (including phenoxy) is 1. The Morgan fingerprint density at radius 3 is 2.30 bits per heavy atom. The van der Waals surface area contributed by atoms with E-state index in [-0.39, 0.29) is 37.6 Å². The molecule has 0 spiro atoms. The lowest BCUT2D eigenvalue weighted by molar-refractivity contribution is -0.143. The summed E-state index contributed by atoms with van der Waals surface area (Å²) in [6.07, 6.45) is 1.58. The van der Waals surface area contributed by atoms with Crippen LogP contribution in [0, 0.1) is 5.82 Å². The number of fused-ring (bicyclic) bond motifs is 1. The molecular formula is C22H17FN2O5. The number of oxazole rings is 1. The van der Waals surface area contributed by atoms with E-state index < -0.39 is 23.6 Å². The van der Waals surface area contributed by atoms with E-state index >= 15 is 0 Å². The van der Waals surface area contributed by atoms with Crippen LogP contribution < -0.4 is 0 Å². The number of rotatable bonds is 7. The number of halogens is 1. The zero-order valence-electron chi connectivity index (χ0n) is 15.8. The van der Waals surface area contributed by atoms with Crippen molar-refractivity contribution >= 4 is 17.8 Å². The number of hydrogen-bond donors (Lipinski definition) is 0. The number of esters is 1. The van der Waals surface area contributed by atoms with E-state index in [4.69, 9.17) is 9.15 Å². The van der Waals surface area contributed by atoms with E-state index in [9.17, 15) is 18.8 Å². The summed E-state index contributed by atoms with van der Waals surface area (Å²) in [4.78, 5) is 41.6. The van der Waals surface area contributed by atoms with Gasteiger partial charge >= 0.3 is 5.97 Å². The first kappa shape index (κ1) is 19.5. The van der Waals surface area contributed by atoms with Crippen molar-refractivity contribution in [3.63, 3.8) is 0 Å². The highest BCUT2D eigenvalue weighted by Crippen LogP contribution is 2.24. The summed E-state index contributed by atoms with van der Waals surface area (Å²) in [5.74, 6) is -1.17. The molecule has 2 amide bonds. The van der Waals surface area contributed by atoms with Gasteiger partial charge in [-0.1, -0.05) is 24.3 Å². The smallest absolute Gasteiger partial charge is 0.306 e. The Hall–Kier alpha value is -3.81. The van der Waals surface area contributed by atoms with Gasteiger partial charge in [-0.2, -0.15) is 0 Å². The summed E-state index contributed by atoms with van der Waals surface area (Å²) in [7, 11) is 0. The van der Waals surface area contributed by atoms with Gasteiger partial charge < -0.3 is 9.15 Å². The fraction of sp³-hybridized carbons (Fsp3) is 0.182. The van der Waals surface area contributed by atoms with Crippen LogP contribution in [0.15, 0.2) is 59.1 Å². The standard InChI is InChI=1S/C22H17FN2O5/c23-17-8-4-3-7-16(17)18-13-24-19(30-18)9-10-20(26)29-12-11-25-21(27)14-5-1-2-6-15(14)22(25)28/h1-8,13H,9-12H2. The van der Waals surface area contributed by atoms with Gasteiger partial charge in [0.05, 0.1) is 35.9 Å². The normalized spacial score (nSPS) is 12.9. The molecule has 30 heavy (non-hydrogen) atoms. The predicted octanol–water partition coefficient (Wildman–Crippen LogP) is 3.25. The van der Waals surface area contributed by atoms with Gasteiger partial charge in [0.1, 0.15) is 12.4 Å². The zero-order valence-corrected chi connectivity index (χ0v) is 15.8. The Balaban J connectivity index is 1.25. The van der Waals surface area contributed by atoms with E-state index in [1.54, 1.807) is 42.5 Å². The third-order valence-electron chi connectivity index (χ3n) is 4.69. The number of nitrogens with zero attached hydrogens (tertiary/aromatic N) is 2. The molecule has 0 fully saturated rings. The average molecular weight is 408 g/mol. The molecule has 0 atom stereocenters. The topological polar surface area (TPSA) is 89.7 Å². The van der Waals surface area contributed by atoms with Gasteiger partial charge in [0.2, 0.25) is 0 Å². The van der Waals surface area contributed by atoms with Crippen molar-refractivity contribution in [3.8, 4) is 11.3 Å². The van der Waals surface area contributed by atoms with Crippen LogP contribution in [-0.2, 0) is 16.0 Å². The number of carbonyl (C=O) groups is 3. The second-order valence-electron chi connectivity index (χ2n) is 6.63. The Bertz CT molecular complexity index is 1090. The van der Waals surface area contributed by atoms with Crippen LogP contribution in [0.5, 0.6) is 0 Å². The highest BCUT2D eigenvalue weighted by molar-refractivity contribution is 6.21. The third kappa shape index (κ3) is 3.84. The van der Waals surface area contributed by atoms with Crippen molar-refractivity contribution in [1.29, 1.82) is 0 Å². The lowest BCUT2D eigenvalue weighted by atomic mass is 10.1.